The number of likely N-dealkylation sites (tertiary alicyclic amines) is 1. The van der Waals surface area contributed by atoms with Crippen LogP contribution in [0, 0.1) is 17.7 Å². The van der Waals surface area contributed by atoms with Crippen molar-refractivity contribution in [3.8, 4) is 0 Å². The van der Waals surface area contributed by atoms with Gasteiger partial charge >= 0.3 is 0 Å². The summed E-state index contributed by atoms with van der Waals surface area (Å²) in [6.07, 6.45) is 1.27. The van der Waals surface area contributed by atoms with E-state index in [2.05, 4.69) is 31.0 Å². The zero-order chi connectivity index (χ0) is 14.5. The number of rotatable bonds is 6. The highest BCUT2D eigenvalue weighted by atomic mass is 19.1. The first-order valence-corrected chi connectivity index (χ1v) is 7.82. The number of hydrogen-bond donors (Lipinski definition) is 1. The van der Waals surface area contributed by atoms with Crippen molar-refractivity contribution in [1.29, 1.82) is 0 Å². The minimum Gasteiger partial charge on any atom is -0.309 e. The Kier molecular flexibility index (Phi) is 5.55. The van der Waals surface area contributed by atoms with Gasteiger partial charge in [0.25, 0.3) is 0 Å². The summed E-state index contributed by atoms with van der Waals surface area (Å²) in [6, 6.07) is 7.22. The first-order valence-electron chi connectivity index (χ1n) is 7.82. The number of benzene rings is 1. The fourth-order valence-electron chi connectivity index (χ4n) is 3.11. The summed E-state index contributed by atoms with van der Waals surface area (Å²) in [5.41, 5.74) is 0.794. The van der Waals surface area contributed by atoms with E-state index in [0.29, 0.717) is 0 Å². The largest absolute Gasteiger partial charge is 0.309 e. The van der Waals surface area contributed by atoms with E-state index in [-0.39, 0.29) is 11.9 Å². The van der Waals surface area contributed by atoms with Crippen LogP contribution in [0.5, 0.6) is 0 Å². The summed E-state index contributed by atoms with van der Waals surface area (Å²) in [6.45, 7) is 10.7. The Labute approximate surface area is 122 Å². The number of likely N-dealkylation sites (N-methyl/N-ethyl adjacent to an activating group) is 1. The molecule has 1 aliphatic rings. The molecule has 0 amide bonds. The zero-order valence-electron chi connectivity index (χ0n) is 12.9. The molecule has 1 heterocycles. The normalized spacial score (nSPS) is 21.6. The van der Waals surface area contributed by atoms with Crippen LogP contribution in [0.1, 0.15) is 38.8 Å². The lowest BCUT2D eigenvalue weighted by molar-refractivity contribution is 0.269. The molecule has 0 saturated carbocycles. The van der Waals surface area contributed by atoms with Crippen molar-refractivity contribution in [2.45, 2.75) is 33.2 Å². The molecule has 2 nitrogen and oxygen atoms in total. The van der Waals surface area contributed by atoms with Crippen molar-refractivity contribution in [1.82, 2.24) is 10.2 Å². The van der Waals surface area contributed by atoms with Crippen LogP contribution >= 0.6 is 0 Å². The number of hydrogen-bond acceptors (Lipinski definition) is 2. The molecule has 2 atom stereocenters. The summed E-state index contributed by atoms with van der Waals surface area (Å²) in [7, 11) is 0. The van der Waals surface area contributed by atoms with Gasteiger partial charge in [0.15, 0.2) is 0 Å². The second kappa shape index (κ2) is 7.19. The van der Waals surface area contributed by atoms with E-state index < -0.39 is 0 Å². The van der Waals surface area contributed by atoms with Crippen LogP contribution in [0.2, 0.25) is 0 Å². The molecule has 0 spiro atoms. The molecule has 1 N–H and O–H groups in total. The molecule has 1 fully saturated rings. The molecule has 3 heteroatoms. The fourth-order valence-corrected chi connectivity index (χ4v) is 3.11. The molecule has 0 aromatic heterocycles. The quantitative estimate of drug-likeness (QED) is 0.857. The van der Waals surface area contributed by atoms with Crippen molar-refractivity contribution in [2.24, 2.45) is 11.8 Å². The van der Waals surface area contributed by atoms with E-state index in [1.54, 1.807) is 12.1 Å². The molecule has 20 heavy (non-hydrogen) atoms. The third-order valence-electron chi connectivity index (χ3n) is 4.42. The van der Waals surface area contributed by atoms with Crippen LogP contribution in [-0.4, -0.2) is 31.1 Å². The Morgan fingerprint density at radius 1 is 1.35 bits per heavy atom. The lowest BCUT2D eigenvalue weighted by Gasteiger charge is -2.25. The first kappa shape index (κ1) is 15.5. The summed E-state index contributed by atoms with van der Waals surface area (Å²) in [5.74, 6) is 1.43. The summed E-state index contributed by atoms with van der Waals surface area (Å²) in [5, 5.41) is 3.43. The van der Waals surface area contributed by atoms with Gasteiger partial charge in [0.2, 0.25) is 0 Å². The number of nitrogens with zero attached hydrogens (tertiary/aromatic N) is 1. The smallest absolute Gasteiger partial charge is 0.128 e. The minimum absolute atomic E-state index is 0.0899. The van der Waals surface area contributed by atoms with E-state index >= 15 is 0 Å². The molecule has 2 unspecified atom stereocenters. The van der Waals surface area contributed by atoms with Crippen LogP contribution in [0.25, 0.3) is 0 Å². The van der Waals surface area contributed by atoms with Gasteiger partial charge < -0.3 is 10.2 Å². The maximum atomic E-state index is 14.0. The minimum atomic E-state index is -0.0990. The second-order valence-electron chi connectivity index (χ2n) is 6.18. The van der Waals surface area contributed by atoms with Crippen molar-refractivity contribution >= 4 is 0 Å². The van der Waals surface area contributed by atoms with Gasteiger partial charge in [-0.1, -0.05) is 39.0 Å². The SMILES string of the molecule is CCNC(CN1CCC(C(C)C)C1)c1ccccc1F. The number of halogens is 1. The van der Waals surface area contributed by atoms with Gasteiger partial charge in [-0.2, -0.15) is 0 Å². The highest BCUT2D eigenvalue weighted by Crippen LogP contribution is 2.26. The second-order valence-corrected chi connectivity index (χ2v) is 6.18. The molecule has 1 aliphatic heterocycles. The predicted octanol–water partition coefficient (Wildman–Crippen LogP) is 3.45. The van der Waals surface area contributed by atoms with Crippen LogP contribution in [0.15, 0.2) is 24.3 Å². The van der Waals surface area contributed by atoms with Crippen molar-refractivity contribution in [3.63, 3.8) is 0 Å². The third-order valence-corrected chi connectivity index (χ3v) is 4.42. The Morgan fingerprint density at radius 2 is 2.10 bits per heavy atom. The van der Waals surface area contributed by atoms with Gasteiger partial charge in [-0.3, -0.25) is 0 Å². The standard InChI is InChI=1S/C17H27FN2/c1-4-19-17(15-7-5-6-8-16(15)18)12-20-10-9-14(11-20)13(2)3/h5-8,13-14,17,19H,4,9-12H2,1-3H3. The van der Waals surface area contributed by atoms with Crippen LogP contribution in [0.4, 0.5) is 4.39 Å². The summed E-state index contributed by atoms with van der Waals surface area (Å²) >= 11 is 0. The van der Waals surface area contributed by atoms with Crippen molar-refractivity contribution in [3.05, 3.63) is 35.6 Å². The van der Waals surface area contributed by atoms with Gasteiger partial charge in [-0.15, -0.1) is 0 Å². The lowest BCUT2D eigenvalue weighted by atomic mass is 9.95. The zero-order valence-corrected chi connectivity index (χ0v) is 12.9. The van der Waals surface area contributed by atoms with Gasteiger partial charge in [-0.05, 0) is 37.4 Å². The van der Waals surface area contributed by atoms with Crippen LogP contribution in [-0.2, 0) is 0 Å². The average Bonchev–Trinajstić information content (AvgIpc) is 2.88. The highest BCUT2D eigenvalue weighted by molar-refractivity contribution is 5.21. The van der Waals surface area contributed by atoms with E-state index in [9.17, 15) is 4.39 Å². The van der Waals surface area contributed by atoms with Gasteiger partial charge in [-0.25, -0.2) is 4.39 Å². The topological polar surface area (TPSA) is 15.3 Å². The maximum Gasteiger partial charge on any atom is 0.128 e. The Bertz CT molecular complexity index is 419. The van der Waals surface area contributed by atoms with E-state index in [4.69, 9.17) is 0 Å². The van der Waals surface area contributed by atoms with Crippen LogP contribution in [0.3, 0.4) is 0 Å². The molecular formula is C17H27FN2. The molecule has 0 radical (unpaired) electrons. The monoisotopic (exact) mass is 278 g/mol. The van der Waals surface area contributed by atoms with E-state index in [0.717, 1.165) is 43.6 Å². The molecule has 1 saturated heterocycles. The molecule has 0 bridgehead atoms. The lowest BCUT2D eigenvalue weighted by Crippen LogP contribution is -2.34. The average molecular weight is 278 g/mol. The van der Waals surface area contributed by atoms with E-state index in [1.165, 1.54) is 6.42 Å². The fraction of sp³-hybridized carbons (Fsp3) is 0.647. The van der Waals surface area contributed by atoms with Gasteiger partial charge in [0.1, 0.15) is 5.82 Å². The molecular weight excluding hydrogens is 251 g/mol. The Morgan fingerprint density at radius 3 is 2.70 bits per heavy atom. The van der Waals surface area contributed by atoms with E-state index in [1.807, 2.05) is 12.1 Å². The predicted molar refractivity (Wildman–Crippen MR) is 82.2 cm³/mol. The van der Waals surface area contributed by atoms with Crippen molar-refractivity contribution < 1.29 is 4.39 Å². The summed E-state index contributed by atoms with van der Waals surface area (Å²) < 4.78 is 14.0. The van der Waals surface area contributed by atoms with Gasteiger partial charge in [0.05, 0.1) is 0 Å². The third kappa shape index (κ3) is 3.80. The van der Waals surface area contributed by atoms with Gasteiger partial charge in [0, 0.05) is 24.7 Å². The molecule has 112 valence electrons. The first-order chi connectivity index (χ1) is 9.61. The maximum absolute atomic E-state index is 14.0. The number of nitrogens with one attached hydrogen (secondary N) is 1. The van der Waals surface area contributed by atoms with Crippen LogP contribution < -0.4 is 5.32 Å². The molecule has 1 aromatic rings. The molecule has 0 aliphatic carbocycles. The Hall–Kier alpha value is -0.930. The molecule has 2 rings (SSSR count). The van der Waals surface area contributed by atoms with Crippen molar-refractivity contribution in [2.75, 3.05) is 26.2 Å². The Balaban J connectivity index is 2.02. The molecule has 1 aromatic carbocycles. The summed E-state index contributed by atoms with van der Waals surface area (Å²) in [4.78, 5) is 2.48. The highest BCUT2D eigenvalue weighted by Gasteiger charge is 2.27.